The lowest BCUT2D eigenvalue weighted by molar-refractivity contribution is 0.196. The summed E-state index contributed by atoms with van der Waals surface area (Å²) in [4.78, 5) is 0.154. The quantitative estimate of drug-likeness (QED) is 0.616. The van der Waals surface area contributed by atoms with Crippen LogP contribution in [0.3, 0.4) is 0 Å². The van der Waals surface area contributed by atoms with E-state index >= 15 is 0 Å². The molecule has 0 spiro atoms. The van der Waals surface area contributed by atoms with Crippen molar-refractivity contribution in [3.05, 3.63) is 22.7 Å². The highest BCUT2D eigenvalue weighted by Gasteiger charge is 2.17. The number of benzene rings is 1. The zero-order valence-corrected chi connectivity index (χ0v) is 11.9. The number of hydrogen-bond acceptors (Lipinski definition) is 4. The summed E-state index contributed by atoms with van der Waals surface area (Å²) < 4.78 is 31.4. The molecule has 3 N–H and O–H groups in total. The molecular weight excluding hydrogens is 276 g/mol. The van der Waals surface area contributed by atoms with Gasteiger partial charge in [-0.05, 0) is 31.0 Å². The van der Waals surface area contributed by atoms with Gasteiger partial charge in [0.1, 0.15) is 0 Å². The molecule has 5 nitrogen and oxygen atoms in total. The molecule has 0 aliphatic carbocycles. The molecule has 1 rings (SSSR count). The van der Waals surface area contributed by atoms with Gasteiger partial charge in [0.25, 0.3) is 0 Å². The van der Waals surface area contributed by atoms with E-state index in [9.17, 15) is 8.42 Å². The van der Waals surface area contributed by atoms with Crippen LogP contribution in [0.25, 0.3) is 0 Å². The van der Waals surface area contributed by atoms with Crippen molar-refractivity contribution in [1.29, 1.82) is 0 Å². The maximum atomic E-state index is 12.0. The minimum atomic E-state index is -3.55. The van der Waals surface area contributed by atoms with E-state index in [-0.39, 0.29) is 10.6 Å². The van der Waals surface area contributed by atoms with Crippen LogP contribution in [0.5, 0.6) is 0 Å². The molecule has 0 aromatic heterocycles. The Labute approximate surface area is 112 Å². The first-order valence-corrected chi connectivity index (χ1v) is 7.29. The number of halogens is 1. The molecule has 102 valence electrons. The summed E-state index contributed by atoms with van der Waals surface area (Å²) in [6.45, 7) is 2.50. The first kappa shape index (κ1) is 15.2. The van der Waals surface area contributed by atoms with E-state index in [0.717, 1.165) is 0 Å². The van der Waals surface area contributed by atoms with Gasteiger partial charge in [-0.15, -0.1) is 0 Å². The van der Waals surface area contributed by atoms with Crippen molar-refractivity contribution in [1.82, 2.24) is 4.72 Å². The molecule has 7 heteroatoms. The topological polar surface area (TPSA) is 81.4 Å². The van der Waals surface area contributed by atoms with Crippen molar-refractivity contribution in [3.63, 3.8) is 0 Å². The van der Waals surface area contributed by atoms with Crippen molar-refractivity contribution in [2.24, 2.45) is 0 Å². The number of sulfonamides is 1. The van der Waals surface area contributed by atoms with Crippen LogP contribution in [0.15, 0.2) is 17.0 Å². The maximum Gasteiger partial charge on any atom is 0.240 e. The predicted molar refractivity (Wildman–Crippen MR) is 72.3 cm³/mol. The Balaban J connectivity index is 2.88. The standard InChI is InChI=1S/C11H17ClN2O3S/c1-8-6-9(12)10(13)7-11(8)18(15,16)14-4-3-5-17-2/h6-7,14H,3-5,13H2,1-2H3. The minimum absolute atomic E-state index is 0.154. The summed E-state index contributed by atoms with van der Waals surface area (Å²) in [5, 5.41) is 0.353. The molecule has 0 saturated carbocycles. The van der Waals surface area contributed by atoms with E-state index in [1.165, 1.54) is 6.07 Å². The molecule has 1 aromatic carbocycles. The lowest BCUT2D eigenvalue weighted by Gasteiger charge is -2.10. The average Bonchev–Trinajstić information content (AvgIpc) is 2.29. The Morgan fingerprint density at radius 1 is 1.44 bits per heavy atom. The lowest BCUT2D eigenvalue weighted by atomic mass is 10.2. The molecular formula is C11H17ClN2O3S. The number of nitrogens with one attached hydrogen (secondary N) is 1. The van der Waals surface area contributed by atoms with Gasteiger partial charge in [-0.1, -0.05) is 11.6 Å². The molecule has 0 unspecified atom stereocenters. The van der Waals surface area contributed by atoms with Gasteiger partial charge in [-0.25, -0.2) is 13.1 Å². The van der Waals surface area contributed by atoms with Crippen molar-refractivity contribution in [2.75, 3.05) is 26.0 Å². The Kier molecular flexibility index (Phi) is 5.40. The number of ether oxygens (including phenoxy) is 1. The highest BCUT2D eigenvalue weighted by Crippen LogP contribution is 2.25. The summed E-state index contributed by atoms with van der Waals surface area (Å²) in [6, 6.07) is 2.91. The normalized spacial score (nSPS) is 11.7. The van der Waals surface area contributed by atoms with Gasteiger partial charge in [0.15, 0.2) is 0 Å². The summed E-state index contributed by atoms with van der Waals surface area (Å²) in [5.74, 6) is 0. The largest absolute Gasteiger partial charge is 0.397 e. The third kappa shape index (κ3) is 3.84. The van der Waals surface area contributed by atoms with Gasteiger partial charge in [0.05, 0.1) is 15.6 Å². The molecule has 0 bridgehead atoms. The second kappa shape index (κ2) is 6.38. The monoisotopic (exact) mass is 292 g/mol. The van der Waals surface area contributed by atoms with Crippen LogP contribution in [0, 0.1) is 6.92 Å². The summed E-state index contributed by atoms with van der Waals surface area (Å²) >= 11 is 5.82. The molecule has 0 aliphatic heterocycles. The van der Waals surface area contributed by atoms with E-state index in [0.29, 0.717) is 30.2 Å². The summed E-state index contributed by atoms with van der Waals surface area (Å²) in [6.07, 6.45) is 0.609. The second-order valence-electron chi connectivity index (χ2n) is 3.88. The van der Waals surface area contributed by atoms with Crippen LogP contribution in [0.2, 0.25) is 5.02 Å². The van der Waals surface area contributed by atoms with Crippen LogP contribution < -0.4 is 10.5 Å². The number of anilines is 1. The van der Waals surface area contributed by atoms with E-state index < -0.39 is 10.0 Å². The van der Waals surface area contributed by atoms with E-state index in [4.69, 9.17) is 22.1 Å². The van der Waals surface area contributed by atoms with Crippen LogP contribution >= 0.6 is 11.6 Å². The SMILES string of the molecule is COCCCNS(=O)(=O)c1cc(N)c(Cl)cc1C. The van der Waals surface area contributed by atoms with Gasteiger partial charge in [0, 0.05) is 20.3 Å². The van der Waals surface area contributed by atoms with Crippen LogP contribution in [-0.4, -0.2) is 28.7 Å². The molecule has 1 aromatic rings. The van der Waals surface area contributed by atoms with Gasteiger partial charge < -0.3 is 10.5 Å². The van der Waals surface area contributed by atoms with Crippen molar-refractivity contribution in [3.8, 4) is 0 Å². The van der Waals surface area contributed by atoms with E-state index in [2.05, 4.69) is 4.72 Å². The smallest absolute Gasteiger partial charge is 0.240 e. The molecule has 0 fully saturated rings. The minimum Gasteiger partial charge on any atom is -0.397 e. The van der Waals surface area contributed by atoms with Crippen LogP contribution in [0.4, 0.5) is 5.69 Å². The van der Waals surface area contributed by atoms with Gasteiger partial charge >= 0.3 is 0 Å². The molecule has 0 heterocycles. The van der Waals surface area contributed by atoms with Crippen LogP contribution in [-0.2, 0) is 14.8 Å². The summed E-state index contributed by atoms with van der Waals surface area (Å²) in [5.41, 5.74) is 6.43. The fourth-order valence-electron chi connectivity index (χ4n) is 1.46. The number of aryl methyl sites for hydroxylation is 1. The Bertz CT molecular complexity index is 517. The number of nitrogen functional groups attached to an aromatic ring is 1. The molecule has 0 radical (unpaired) electrons. The number of hydrogen-bond donors (Lipinski definition) is 2. The fourth-order valence-corrected chi connectivity index (χ4v) is 3.01. The third-order valence-electron chi connectivity index (χ3n) is 2.40. The van der Waals surface area contributed by atoms with Crippen molar-refractivity contribution >= 4 is 27.3 Å². The van der Waals surface area contributed by atoms with E-state index in [1.54, 1.807) is 20.1 Å². The zero-order chi connectivity index (χ0) is 13.8. The molecule has 0 amide bonds. The molecule has 0 aliphatic rings. The lowest BCUT2D eigenvalue weighted by Crippen LogP contribution is -2.26. The molecule has 18 heavy (non-hydrogen) atoms. The molecule has 0 atom stereocenters. The van der Waals surface area contributed by atoms with Crippen molar-refractivity contribution < 1.29 is 13.2 Å². The highest BCUT2D eigenvalue weighted by atomic mass is 35.5. The van der Waals surface area contributed by atoms with Gasteiger partial charge in [-0.2, -0.15) is 0 Å². The number of rotatable bonds is 6. The zero-order valence-electron chi connectivity index (χ0n) is 10.4. The molecule has 0 saturated heterocycles. The van der Waals surface area contributed by atoms with E-state index in [1.807, 2.05) is 0 Å². The predicted octanol–water partition coefficient (Wildman–Crippen LogP) is 1.55. The average molecular weight is 293 g/mol. The number of nitrogens with two attached hydrogens (primary N) is 1. The Morgan fingerprint density at radius 2 is 2.11 bits per heavy atom. The van der Waals surface area contributed by atoms with Gasteiger partial charge in [-0.3, -0.25) is 0 Å². The van der Waals surface area contributed by atoms with Crippen molar-refractivity contribution in [2.45, 2.75) is 18.2 Å². The first-order chi connectivity index (χ1) is 8.38. The summed E-state index contributed by atoms with van der Waals surface area (Å²) in [7, 11) is -1.99. The Morgan fingerprint density at radius 3 is 2.72 bits per heavy atom. The Hall–Kier alpha value is -0.820. The first-order valence-electron chi connectivity index (χ1n) is 5.42. The third-order valence-corrected chi connectivity index (χ3v) is 4.33. The fraction of sp³-hybridized carbons (Fsp3) is 0.455. The number of methoxy groups -OCH3 is 1. The second-order valence-corrected chi connectivity index (χ2v) is 6.03. The van der Waals surface area contributed by atoms with Gasteiger partial charge in [0.2, 0.25) is 10.0 Å². The van der Waals surface area contributed by atoms with Crippen LogP contribution in [0.1, 0.15) is 12.0 Å². The maximum absolute atomic E-state index is 12.0. The highest BCUT2D eigenvalue weighted by molar-refractivity contribution is 7.89.